The Kier molecular flexibility index (Phi) is 5.84. The van der Waals surface area contributed by atoms with Crippen molar-refractivity contribution in [2.45, 2.75) is 43.7 Å². The van der Waals surface area contributed by atoms with Crippen LogP contribution in [0.5, 0.6) is 0 Å². The topological polar surface area (TPSA) is 58.4 Å². The van der Waals surface area contributed by atoms with Crippen LogP contribution in [0.3, 0.4) is 0 Å². The van der Waals surface area contributed by atoms with Crippen LogP contribution in [0.1, 0.15) is 43.7 Å². The molecule has 0 aliphatic heterocycles. The molecule has 3 N–H and O–H groups in total. The number of halogens is 1. The molecule has 1 aliphatic rings. The molecule has 4 nitrogen and oxygen atoms in total. The third kappa shape index (κ3) is 4.00. The van der Waals surface area contributed by atoms with Crippen molar-refractivity contribution in [1.29, 1.82) is 0 Å². The van der Waals surface area contributed by atoms with Gasteiger partial charge in [-0.1, -0.05) is 49.1 Å². The Morgan fingerprint density at radius 2 is 1.95 bits per heavy atom. The number of nitrogens with two attached hydrogens (primary N) is 1. The highest BCUT2D eigenvalue weighted by Crippen LogP contribution is 2.28. The van der Waals surface area contributed by atoms with Gasteiger partial charge in [-0.25, -0.2) is 0 Å². The van der Waals surface area contributed by atoms with Crippen molar-refractivity contribution >= 4 is 17.5 Å². The molecule has 0 saturated heterocycles. The third-order valence-corrected chi connectivity index (χ3v) is 4.89. The van der Waals surface area contributed by atoms with E-state index in [4.69, 9.17) is 17.3 Å². The molecule has 1 unspecified atom stereocenters. The molecule has 0 heterocycles. The second-order valence-electron chi connectivity index (χ2n) is 6.43. The largest absolute Gasteiger partial charge is 0.353 e. The molecule has 0 bridgehead atoms. The van der Waals surface area contributed by atoms with Crippen molar-refractivity contribution in [1.82, 2.24) is 10.2 Å². The maximum absolute atomic E-state index is 12.5. The number of rotatable bonds is 5. The van der Waals surface area contributed by atoms with Gasteiger partial charge in [-0.3, -0.25) is 4.79 Å². The van der Waals surface area contributed by atoms with Gasteiger partial charge in [0.05, 0.1) is 11.6 Å². The SMILES string of the molecule is CN(C)C(CNC(=O)C1(N)CCCCC1)c1ccccc1Cl. The lowest BCUT2D eigenvalue weighted by molar-refractivity contribution is -0.127. The van der Waals surface area contributed by atoms with Gasteiger partial charge >= 0.3 is 0 Å². The Balaban J connectivity index is 2.03. The standard InChI is InChI=1S/C17H26ClN3O/c1-21(2)15(13-8-4-5-9-14(13)18)12-20-16(22)17(19)10-6-3-7-11-17/h4-5,8-9,15H,3,6-7,10-12,19H2,1-2H3,(H,20,22). The maximum Gasteiger partial charge on any atom is 0.240 e. The van der Waals surface area contributed by atoms with E-state index in [0.717, 1.165) is 36.3 Å². The summed E-state index contributed by atoms with van der Waals surface area (Å²) < 4.78 is 0. The first-order valence-electron chi connectivity index (χ1n) is 7.92. The summed E-state index contributed by atoms with van der Waals surface area (Å²) in [4.78, 5) is 14.5. The smallest absolute Gasteiger partial charge is 0.240 e. The minimum atomic E-state index is -0.699. The quantitative estimate of drug-likeness (QED) is 0.876. The monoisotopic (exact) mass is 323 g/mol. The van der Waals surface area contributed by atoms with Gasteiger partial charge in [-0.05, 0) is 38.6 Å². The van der Waals surface area contributed by atoms with Gasteiger partial charge in [0.1, 0.15) is 0 Å². The van der Waals surface area contributed by atoms with E-state index in [1.165, 1.54) is 6.42 Å². The first-order valence-corrected chi connectivity index (χ1v) is 8.30. The molecular weight excluding hydrogens is 298 g/mol. The molecule has 1 aromatic carbocycles. The Morgan fingerprint density at radius 1 is 1.32 bits per heavy atom. The van der Waals surface area contributed by atoms with Gasteiger partial charge in [-0.15, -0.1) is 0 Å². The van der Waals surface area contributed by atoms with Gasteiger partial charge in [0.2, 0.25) is 5.91 Å². The fraction of sp³-hybridized carbons (Fsp3) is 0.588. The van der Waals surface area contributed by atoms with E-state index in [1.807, 2.05) is 38.4 Å². The summed E-state index contributed by atoms with van der Waals surface area (Å²) in [7, 11) is 3.97. The highest BCUT2D eigenvalue weighted by atomic mass is 35.5. The number of carbonyl (C=O) groups excluding carboxylic acids is 1. The van der Waals surface area contributed by atoms with Crippen LogP contribution in [0.15, 0.2) is 24.3 Å². The number of likely N-dealkylation sites (N-methyl/N-ethyl adjacent to an activating group) is 1. The van der Waals surface area contributed by atoms with E-state index in [-0.39, 0.29) is 11.9 Å². The molecule has 22 heavy (non-hydrogen) atoms. The molecule has 5 heteroatoms. The van der Waals surface area contributed by atoms with Crippen LogP contribution >= 0.6 is 11.6 Å². The summed E-state index contributed by atoms with van der Waals surface area (Å²) in [5.41, 5.74) is 6.60. The summed E-state index contributed by atoms with van der Waals surface area (Å²) >= 11 is 6.29. The molecule has 0 spiro atoms. The Hall–Kier alpha value is -1.10. The summed E-state index contributed by atoms with van der Waals surface area (Å²) in [5, 5.41) is 3.75. The number of carbonyl (C=O) groups is 1. The van der Waals surface area contributed by atoms with Crippen LogP contribution in [0.25, 0.3) is 0 Å². The highest BCUT2D eigenvalue weighted by molar-refractivity contribution is 6.31. The van der Waals surface area contributed by atoms with Crippen LogP contribution in [-0.2, 0) is 4.79 Å². The lowest BCUT2D eigenvalue weighted by Crippen LogP contribution is -2.55. The van der Waals surface area contributed by atoms with E-state index in [9.17, 15) is 4.79 Å². The average Bonchev–Trinajstić information content (AvgIpc) is 2.49. The second kappa shape index (κ2) is 7.44. The predicted octanol–water partition coefficient (Wildman–Crippen LogP) is 2.72. The number of hydrogen-bond donors (Lipinski definition) is 2. The molecule has 2 rings (SSSR count). The van der Waals surface area contributed by atoms with Gasteiger partial charge in [0.25, 0.3) is 0 Å². The molecule has 1 amide bonds. The third-order valence-electron chi connectivity index (χ3n) is 4.54. The van der Waals surface area contributed by atoms with Crippen LogP contribution < -0.4 is 11.1 Å². The summed E-state index contributed by atoms with van der Waals surface area (Å²) in [6, 6.07) is 7.78. The first kappa shape index (κ1) is 17.3. The van der Waals surface area contributed by atoms with E-state index in [0.29, 0.717) is 6.54 Å². The highest BCUT2D eigenvalue weighted by Gasteiger charge is 2.35. The van der Waals surface area contributed by atoms with Crippen molar-refractivity contribution in [2.75, 3.05) is 20.6 Å². The van der Waals surface area contributed by atoms with Crippen LogP contribution in [0.4, 0.5) is 0 Å². The molecule has 1 atom stereocenters. The van der Waals surface area contributed by atoms with Gasteiger partial charge in [-0.2, -0.15) is 0 Å². The van der Waals surface area contributed by atoms with E-state index >= 15 is 0 Å². The van der Waals surface area contributed by atoms with Crippen molar-refractivity contribution in [3.8, 4) is 0 Å². The van der Waals surface area contributed by atoms with Crippen LogP contribution in [0.2, 0.25) is 5.02 Å². The lowest BCUT2D eigenvalue weighted by atomic mass is 9.82. The second-order valence-corrected chi connectivity index (χ2v) is 6.83. The molecule has 1 saturated carbocycles. The fourth-order valence-corrected chi connectivity index (χ4v) is 3.35. The van der Waals surface area contributed by atoms with Crippen LogP contribution in [0, 0.1) is 0 Å². The molecule has 122 valence electrons. The Labute approximate surface area is 138 Å². The van der Waals surface area contributed by atoms with Gasteiger partial charge in [0.15, 0.2) is 0 Å². The Morgan fingerprint density at radius 3 is 2.55 bits per heavy atom. The molecule has 1 aliphatic carbocycles. The van der Waals surface area contributed by atoms with Crippen LogP contribution in [-0.4, -0.2) is 37.0 Å². The number of benzene rings is 1. The summed E-state index contributed by atoms with van der Waals surface area (Å²) in [6.07, 6.45) is 4.79. The van der Waals surface area contributed by atoms with Crippen molar-refractivity contribution in [3.63, 3.8) is 0 Å². The number of hydrogen-bond acceptors (Lipinski definition) is 3. The summed E-state index contributed by atoms with van der Waals surface area (Å²) in [6.45, 7) is 0.508. The Bertz CT molecular complexity index is 512. The number of nitrogens with one attached hydrogen (secondary N) is 1. The first-order chi connectivity index (χ1) is 10.4. The lowest BCUT2D eigenvalue weighted by Gasteiger charge is -2.33. The van der Waals surface area contributed by atoms with E-state index in [1.54, 1.807) is 0 Å². The zero-order valence-corrected chi connectivity index (χ0v) is 14.2. The van der Waals surface area contributed by atoms with Gasteiger partial charge in [0, 0.05) is 11.6 Å². The van der Waals surface area contributed by atoms with E-state index in [2.05, 4.69) is 10.2 Å². The number of nitrogens with zero attached hydrogens (tertiary/aromatic N) is 1. The molecule has 0 radical (unpaired) electrons. The zero-order valence-electron chi connectivity index (χ0n) is 13.4. The minimum absolute atomic E-state index is 0.0323. The maximum atomic E-state index is 12.5. The van der Waals surface area contributed by atoms with Crippen molar-refractivity contribution in [2.24, 2.45) is 5.73 Å². The molecule has 1 fully saturated rings. The predicted molar refractivity (Wildman–Crippen MR) is 90.9 cm³/mol. The molecule has 1 aromatic rings. The van der Waals surface area contributed by atoms with Crippen molar-refractivity contribution in [3.05, 3.63) is 34.9 Å². The van der Waals surface area contributed by atoms with Gasteiger partial charge < -0.3 is 16.0 Å². The molecule has 0 aromatic heterocycles. The normalized spacial score (nSPS) is 19.0. The molecular formula is C17H26ClN3O. The fourth-order valence-electron chi connectivity index (χ4n) is 3.09. The summed E-state index contributed by atoms with van der Waals surface area (Å²) in [5.74, 6) is -0.0360. The average molecular weight is 324 g/mol. The minimum Gasteiger partial charge on any atom is -0.353 e. The number of amides is 1. The van der Waals surface area contributed by atoms with E-state index < -0.39 is 5.54 Å². The zero-order chi connectivity index (χ0) is 16.2. The van der Waals surface area contributed by atoms with Crippen molar-refractivity contribution < 1.29 is 4.79 Å².